The van der Waals surface area contributed by atoms with E-state index in [2.05, 4.69) is 5.32 Å². The Morgan fingerprint density at radius 2 is 2.00 bits per heavy atom. The van der Waals surface area contributed by atoms with E-state index in [9.17, 15) is 9.59 Å². The number of hydrogen-bond donors (Lipinski definition) is 1. The van der Waals surface area contributed by atoms with Gasteiger partial charge in [-0.25, -0.2) is 4.79 Å². The molecule has 6 nitrogen and oxygen atoms in total. The van der Waals surface area contributed by atoms with E-state index in [0.29, 0.717) is 18.8 Å². The zero-order valence-corrected chi connectivity index (χ0v) is 10.7. The van der Waals surface area contributed by atoms with Gasteiger partial charge in [0.2, 0.25) is 0 Å². The maximum absolute atomic E-state index is 11.7. The lowest BCUT2D eigenvalue weighted by Gasteiger charge is -2.14. The normalized spacial score (nSPS) is 12.7. The Kier molecular flexibility index (Phi) is 4.65. The highest BCUT2D eigenvalue weighted by atomic mass is 16.5. The van der Waals surface area contributed by atoms with E-state index in [1.807, 2.05) is 6.92 Å². The predicted molar refractivity (Wildman–Crippen MR) is 65.1 cm³/mol. The molecule has 1 heterocycles. The molecule has 0 saturated heterocycles. The van der Waals surface area contributed by atoms with Crippen LogP contribution in [0.2, 0.25) is 0 Å². The first-order valence-electron chi connectivity index (χ1n) is 5.45. The van der Waals surface area contributed by atoms with Crippen LogP contribution in [0.3, 0.4) is 0 Å². The maximum Gasteiger partial charge on any atom is 0.330 e. The van der Waals surface area contributed by atoms with Gasteiger partial charge in [-0.05, 0) is 6.92 Å². The molecular formula is C11H19N3O3. The van der Waals surface area contributed by atoms with Crippen LogP contribution < -0.4 is 16.6 Å². The summed E-state index contributed by atoms with van der Waals surface area (Å²) in [5.41, 5.74) is 0.0686. The molecule has 0 aliphatic rings. The lowest BCUT2D eigenvalue weighted by Crippen LogP contribution is -2.40. The van der Waals surface area contributed by atoms with E-state index >= 15 is 0 Å². The summed E-state index contributed by atoms with van der Waals surface area (Å²) in [7, 11) is 4.75. The minimum atomic E-state index is -0.311. The second-order valence-electron chi connectivity index (χ2n) is 4.11. The Labute approximate surface area is 99.8 Å². The second kappa shape index (κ2) is 5.79. The summed E-state index contributed by atoms with van der Waals surface area (Å²) >= 11 is 0. The SMILES string of the molecule is COCC(C)NCc1cc(=O)n(C)c(=O)n1C. The van der Waals surface area contributed by atoms with Crippen molar-refractivity contribution in [1.82, 2.24) is 14.5 Å². The smallest absolute Gasteiger partial charge is 0.330 e. The van der Waals surface area contributed by atoms with Gasteiger partial charge in [0.05, 0.1) is 6.61 Å². The van der Waals surface area contributed by atoms with Crippen molar-refractivity contribution in [3.8, 4) is 0 Å². The predicted octanol–water partition coefficient (Wildman–Crippen LogP) is -0.791. The summed E-state index contributed by atoms with van der Waals surface area (Å²) in [6.07, 6.45) is 0. The molecule has 1 aromatic rings. The number of ether oxygens (including phenoxy) is 1. The zero-order valence-electron chi connectivity index (χ0n) is 10.7. The molecule has 0 amide bonds. The van der Waals surface area contributed by atoms with Crippen LogP contribution in [0.4, 0.5) is 0 Å². The number of methoxy groups -OCH3 is 1. The van der Waals surface area contributed by atoms with Crippen LogP contribution in [0.25, 0.3) is 0 Å². The Balaban J connectivity index is 2.86. The Morgan fingerprint density at radius 1 is 1.35 bits per heavy atom. The monoisotopic (exact) mass is 241 g/mol. The number of nitrogens with one attached hydrogen (secondary N) is 1. The molecule has 0 fully saturated rings. The van der Waals surface area contributed by atoms with Crippen LogP contribution in [-0.4, -0.2) is 28.9 Å². The molecule has 0 aromatic carbocycles. The first-order valence-corrected chi connectivity index (χ1v) is 5.45. The summed E-state index contributed by atoms with van der Waals surface area (Å²) in [4.78, 5) is 23.1. The van der Waals surface area contributed by atoms with Gasteiger partial charge in [0.15, 0.2) is 0 Å². The van der Waals surface area contributed by atoms with Gasteiger partial charge >= 0.3 is 5.69 Å². The third-order valence-electron chi connectivity index (χ3n) is 2.67. The van der Waals surface area contributed by atoms with Crippen molar-refractivity contribution in [3.63, 3.8) is 0 Å². The molecular weight excluding hydrogens is 222 g/mol. The first-order chi connectivity index (χ1) is 7.97. The first kappa shape index (κ1) is 13.7. The molecule has 1 aromatic heterocycles. The van der Waals surface area contributed by atoms with Crippen LogP contribution in [0.1, 0.15) is 12.6 Å². The maximum atomic E-state index is 11.7. The Morgan fingerprint density at radius 3 is 2.59 bits per heavy atom. The van der Waals surface area contributed by atoms with Gasteiger partial charge in [-0.3, -0.25) is 13.9 Å². The molecule has 1 atom stereocenters. The van der Waals surface area contributed by atoms with Crippen molar-refractivity contribution in [2.45, 2.75) is 19.5 Å². The van der Waals surface area contributed by atoms with Gasteiger partial charge in [-0.2, -0.15) is 0 Å². The highest BCUT2D eigenvalue weighted by molar-refractivity contribution is 5.02. The van der Waals surface area contributed by atoms with Crippen LogP contribution >= 0.6 is 0 Å². The van der Waals surface area contributed by atoms with E-state index < -0.39 is 0 Å². The molecule has 0 bridgehead atoms. The summed E-state index contributed by atoms with van der Waals surface area (Å²) < 4.78 is 7.54. The zero-order chi connectivity index (χ0) is 13.0. The molecule has 1 rings (SSSR count). The highest BCUT2D eigenvalue weighted by Gasteiger charge is 2.07. The fraction of sp³-hybridized carbons (Fsp3) is 0.636. The average Bonchev–Trinajstić information content (AvgIpc) is 2.30. The summed E-state index contributed by atoms with van der Waals surface area (Å²) in [6, 6.07) is 1.63. The molecule has 0 saturated carbocycles. The van der Waals surface area contributed by atoms with Crippen LogP contribution in [-0.2, 0) is 25.4 Å². The Bertz CT molecular complexity index is 490. The van der Waals surface area contributed by atoms with Gasteiger partial charge in [0, 0.05) is 45.6 Å². The molecule has 1 N–H and O–H groups in total. The molecule has 0 aliphatic heterocycles. The van der Waals surface area contributed by atoms with Gasteiger partial charge < -0.3 is 10.1 Å². The highest BCUT2D eigenvalue weighted by Crippen LogP contribution is 1.92. The summed E-state index contributed by atoms with van der Waals surface area (Å²) in [5.74, 6) is 0. The lowest BCUT2D eigenvalue weighted by molar-refractivity contribution is 0.171. The van der Waals surface area contributed by atoms with Gasteiger partial charge in [-0.1, -0.05) is 0 Å². The summed E-state index contributed by atoms with van der Waals surface area (Å²) in [5, 5.41) is 3.18. The van der Waals surface area contributed by atoms with E-state index in [-0.39, 0.29) is 17.3 Å². The van der Waals surface area contributed by atoms with Gasteiger partial charge in [0.1, 0.15) is 0 Å². The number of aromatic nitrogens is 2. The number of hydrogen-bond acceptors (Lipinski definition) is 4. The van der Waals surface area contributed by atoms with E-state index in [4.69, 9.17) is 4.74 Å². The topological polar surface area (TPSA) is 65.3 Å². The van der Waals surface area contributed by atoms with Gasteiger partial charge in [-0.15, -0.1) is 0 Å². The van der Waals surface area contributed by atoms with Crippen molar-refractivity contribution >= 4 is 0 Å². The quantitative estimate of drug-likeness (QED) is 0.733. The molecule has 96 valence electrons. The molecule has 17 heavy (non-hydrogen) atoms. The van der Waals surface area contributed by atoms with Crippen molar-refractivity contribution in [1.29, 1.82) is 0 Å². The standard InChI is InChI=1S/C11H19N3O3/c1-8(7-17-4)12-6-9-5-10(15)14(3)11(16)13(9)2/h5,8,12H,6-7H2,1-4H3. The number of rotatable bonds is 5. The third-order valence-corrected chi connectivity index (χ3v) is 2.67. The van der Waals surface area contributed by atoms with Crippen molar-refractivity contribution in [2.24, 2.45) is 14.1 Å². The molecule has 0 aliphatic carbocycles. The number of nitrogens with zero attached hydrogens (tertiary/aromatic N) is 2. The van der Waals surface area contributed by atoms with Crippen molar-refractivity contribution < 1.29 is 4.74 Å². The van der Waals surface area contributed by atoms with E-state index in [1.54, 1.807) is 14.2 Å². The average molecular weight is 241 g/mol. The molecule has 0 spiro atoms. The van der Waals surface area contributed by atoms with Crippen LogP contribution in [0.5, 0.6) is 0 Å². The van der Waals surface area contributed by atoms with Crippen LogP contribution in [0.15, 0.2) is 15.7 Å². The molecule has 6 heteroatoms. The van der Waals surface area contributed by atoms with E-state index in [1.165, 1.54) is 17.7 Å². The minimum Gasteiger partial charge on any atom is -0.383 e. The fourth-order valence-electron chi connectivity index (χ4n) is 1.54. The minimum absolute atomic E-state index is 0.166. The van der Waals surface area contributed by atoms with Crippen LogP contribution in [0, 0.1) is 0 Å². The van der Waals surface area contributed by atoms with Gasteiger partial charge in [0.25, 0.3) is 5.56 Å². The Hall–Kier alpha value is -1.40. The second-order valence-corrected chi connectivity index (χ2v) is 4.11. The van der Waals surface area contributed by atoms with E-state index in [0.717, 1.165) is 4.57 Å². The third kappa shape index (κ3) is 3.28. The lowest BCUT2D eigenvalue weighted by atomic mass is 10.3. The van der Waals surface area contributed by atoms with Crippen molar-refractivity contribution in [2.75, 3.05) is 13.7 Å². The molecule has 1 unspecified atom stereocenters. The van der Waals surface area contributed by atoms with Crippen molar-refractivity contribution in [3.05, 3.63) is 32.6 Å². The fourth-order valence-corrected chi connectivity index (χ4v) is 1.54. The molecule has 0 radical (unpaired) electrons. The summed E-state index contributed by atoms with van der Waals surface area (Å²) in [6.45, 7) is 3.02. The largest absolute Gasteiger partial charge is 0.383 e.